The third-order valence-electron chi connectivity index (χ3n) is 4.96. The maximum atomic E-state index is 12.9. The van der Waals surface area contributed by atoms with E-state index in [1.165, 1.54) is 0 Å². The Bertz CT molecular complexity index is 1320. The van der Waals surface area contributed by atoms with E-state index in [1.54, 1.807) is 18.2 Å². The second-order valence-electron chi connectivity index (χ2n) is 11.8. The van der Waals surface area contributed by atoms with Gasteiger partial charge < -0.3 is 0 Å². The van der Waals surface area contributed by atoms with Gasteiger partial charge in [0, 0.05) is 0 Å². The molecule has 8 nitrogen and oxygen atoms in total. The van der Waals surface area contributed by atoms with Gasteiger partial charge in [-0.3, -0.25) is 0 Å². The minimum absolute atomic E-state index is 0.283. The zero-order chi connectivity index (χ0) is 27.8. The first-order valence-corrected chi connectivity index (χ1v) is 23.0. The molecule has 2 aromatic carbocycles. The van der Waals surface area contributed by atoms with Crippen LogP contribution < -0.4 is 3.58 Å². The second-order valence-corrected chi connectivity index (χ2v) is 27.6. The molecular formula is C27H33IN4O4Sn. The molecule has 0 radical (unpaired) electrons. The molecule has 0 aliphatic carbocycles. The van der Waals surface area contributed by atoms with Gasteiger partial charge in [-0.15, -0.1) is 0 Å². The molecule has 0 amide bonds. The predicted molar refractivity (Wildman–Crippen MR) is 155 cm³/mol. The molecule has 0 bridgehead atoms. The summed E-state index contributed by atoms with van der Waals surface area (Å²) in [6.45, 7) is 11.0. The van der Waals surface area contributed by atoms with Crippen LogP contribution in [0.2, 0.25) is 14.8 Å². The van der Waals surface area contributed by atoms with Gasteiger partial charge in [-0.05, 0) is 20.8 Å². The van der Waals surface area contributed by atoms with Crippen molar-refractivity contribution in [2.24, 2.45) is 0 Å². The Morgan fingerprint density at radius 2 is 1.08 bits per heavy atom. The number of ether oxygens (including phenoxy) is 2. The van der Waals surface area contributed by atoms with Gasteiger partial charge in [0.25, 0.3) is 0 Å². The first-order valence-electron chi connectivity index (χ1n) is 11.9. The van der Waals surface area contributed by atoms with E-state index in [-0.39, 0.29) is 5.82 Å². The topological polar surface area (TPSA) is 104 Å². The quantitative estimate of drug-likeness (QED) is 0.189. The van der Waals surface area contributed by atoms with Crippen LogP contribution in [0.4, 0.5) is 0 Å². The van der Waals surface area contributed by atoms with Crippen molar-refractivity contribution in [1.82, 2.24) is 20.4 Å². The Morgan fingerprint density at radius 3 is 1.49 bits per heavy atom. The molecule has 0 N–H and O–H groups in total. The van der Waals surface area contributed by atoms with Gasteiger partial charge in [0.05, 0.1) is 0 Å². The molecule has 0 aliphatic rings. The summed E-state index contributed by atoms with van der Waals surface area (Å²) in [5, 5.41) is 17.2. The minimum atomic E-state index is -2.58. The number of benzene rings is 2. The molecule has 3 aromatic rings. The Balaban J connectivity index is 1.99. The number of halogens is 1. The molecule has 10 heteroatoms. The van der Waals surface area contributed by atoms with Gasteiger partial charge in [0.1, 0.15) is 5.60 Å². The standard InChI is InChI=1S/C24H24IN4O4.3CH3.Sn/c1-23(2,3)32-21(30)15-9-7-8-14(10-15)19-26-28-20(29-27-19)16-11-17(13-18(25)12-16)22(31)33-24(4,5)6;;;;/h8-13H,1-6H3;3*1H3;. The van der Waals surface area contributed by atoms with E-state index in [9.17, 15) is 9.59 Å². The summed E-state index contributed by atoms with van der Waals surface area (Å²) >= 11 is -0.452. The molecule has 1 heterocycles. The van der Waals surface area contributed by atoms with Gasteiger partial charge in [-0.1, -0.05) is 0 Å². The summed E-state index contributed by atoms with van der Waals surface area (Å²) in [4.78, 5) is 32.3. The molecule has 1 aromatic heterocycles. The molecule has 196 valence electrons. The summed E-state index contributed by atoms with van der Waals surface area (Å²) in [6.07, 6.45) is 0. The van der Waals surface area contributed by atoms with Crippen LogP contribution in [-0.4, -0.2) is 61.9 Å². The normalized spacial score (nSPS) is 12.3. The average molecular weight is 723 g/mol. The van der Waals surface area contributed by atoms with Gasteiger partial charge >= 0.3 is 211 Å². The van der Waals surface area contributed by atoms with E-state index in [0.717, 1.165) is 7.15 Å². The Hall–Kier alpha value is -2.15. The molecule has 3 rings (SSSR count). The molecule has 0 fully saturated rings. The van der Waals surface area contributed by atoms with Crippen molar-refractivity contribution in [3.05, 3.63) is 51.1 Å². The molecule has 0 aliphatic heterocycles. The van der Waals surface area contributed by atoms with Crippen molar-refractivity contribution >= 4 is 56.5 Å². The molecule has 0 spiro atoms. The van der Waals surface area contributed by atoms with E-state index >= 15 is 0 Å². The molecule has 0 saturated heterocycles. The molecule has 37 heavy (non-hydrogen) atoms. The Labute approximate surface area is 236 Å². The third-order valence-corrected chi connectivity index (χ3v) is 11.4. The summed E-state index contributed by atoms with van der Waals surface area (Å²) in [5.74, 6) is -0.225. The van der Waals surface area contributed by atoms with Crippen LogP contribution in [0.15, 0.2) is 36.4 Å². The van der Waals surface area contributed by atoms with E-state index < -0.39 is 41.5 Å². The van der Waals surface area contributed by atoms with Crippen LogP contribution in [0, 0.1) is 3.57 Å². The van der Waals surface area contributed by atoms with Crippen LogP contribution in [0.1, 0.15) is 62.3 Å². The van der Waals surface area contributed by atoms with Gasteiger partial charge in [-0.25, -0.2) is 0 Å². The number of nitrogens with zero attached hydrogens (tertiary/aromatic N) is 4. The van der Waals surface area contributed by atoms with Crippen molar-refractivity contribution in [1.29, 1.82) is 0 Å². The summed E-state index contributed by atoms with van der Waals surface area (Å²) in [5.41, 5.74) is 0.912. The number of carbonyl (C=O) groups excluding carboxylic acids is 2. The van der Waals surface area contributed by atoms with E-state index in [2.05, 4.69) is 57.8 Å². The van der Waals surface area contributed by atoms with Crippen molar-refractivity contribution in [3.8, 4) is 22.8 Å². The SMILES string of the molecule is CC(C)(C)OC(=O)c1cc(I)cc(-c2nnc(-c3cc(C(=O)OC(C)(C)C)c[c]([Sn]([CH3])([CH3])[CH3])c3)nn2)c1. The van der Waals surface area contributed by atoms with Crippen LogP contribution in [0.5, 0.6) is 0 Å². The number of aromatic nitrogens is 4. The van der Waals surface area contributed by atoms with Gasteiger partial charge in [0.15, 0.2) is 0 Å². The summed E-state index contributed by atoms with van der Waals surface area (Å²) in [7, 11) is 0. The van der Waals surface area contributed by atoms with E-state index in [0.29, 0.717) is 28.1 Å². The second kappa shape index (κ2) is 10.9. The Kier molecular flexibility index (Phi) is 8.67. The summed E-state index contributed by atoms with van der Waals surface area (Å²) < 4.78 is 13.1. The monoisotopic (exact) mass is 724 g/mol. The molecular weight excluding hydrogens is 690 g/mol. The maximum absolute atomic E-state index is 12.9. The number of hydrogen-bond donors (Lipinski definition) is 0. The van der Waals surface area contributed by atoms with Crippen molar-refractivity contribution in [2.75, 3.05) is 0 Å². The number of esters is 2. The van der Waals surface area contributed by atoms with E-state index in [1.807, 2.05) is 59.7 Å². The van der Waals surface area contributed by atoms with Crippen LogP contribution in [0.3, 0.4) is 0 Å². The fourth-order valence-electron chi connectivity index (χ4n) is 3.28. The van der Waals surface area contributed by atoms with Crippen LogP contribution in [-0.2, 0) is 9.47 Å². The molecule has 0 atom stereocenters. The average Bonchev–Trinajstić information content (AvgIpc) is 2.75. The van der Waals surface area contributed by atoms with Gasteiger partial charge in [0.2, 0.25) is 0 Å². The predicted octanol–water partition coefficient (Wildman–Crippen LogP) is 5.66. The Morgan fingerprint density at radius 1 is 0.676 bits per heavy atom. The number of hydrogen-bond acceptors (Lipinski definition) is 8. The zero-order valence-corrected chi connectivity index (χ0v) is 27.8. The number of carbonyl (C=O) groups is 2. The molecule has 0 unspecified atom stereocenters. The molecule has 0 saturated carbocycles. The zero-order valence-electron chi connectivity index (χ0n) is 22.8. The van der Waals surface area contributed by atoms with Crippen molar-refractivity contribution in [3.63, 3.8) is 0 Å². The summed E-state index contributed by atoms with van der Waals surface area (Å²) in [6, 6.07) is 10.9. The fraction of sp³-hybridized carbons (Fsp3) is 0.407. The van der Waals surface area contributed by atoms with Crippen molar-refractivity contribution in [2.45, 2.75) is 67.6 Å². The van der Waals surface area contributed by atoms with Gasteiger partial charge in [-0.2, -0.15) is 0 Å². The van der Waals surface area contributed by atoms with Crippen molar-refractivity contribution < 1.29 is 19.1 Å². The first kappa shape index (κ1) is 29.4. The first-order chi connectivity index (χ1) is 16.9. The van der Waals surface area contributed by atoms with Crippen LogP contribution >= 0.6 is 22.6 Å². The van der Waals surface area contributed by atoms with Crippen LogP contribution in [0.25, 0.3) is 22.8 Å². The fourth-order valence-corrected chi connectivity index (χ4v) is 7.31. The third kappa shape index (κ3) is 8.42. The number of rotatable bonds is 5. The van der Waals surface area contributed by atoms with E-state index in [4.69, 9.17) is 9.47 Å².